The van der Waals surface area contributed by atoms with Gasteiger partial charge in [-0.3, -0.25) is 14.5 Å². The highest BCUT2D eigenvalue weighted by Crippen LogP contribution is 2.38. The molecule has 0 aromatic rings. The van der Waals surface area contributed by atoms with Crippen LogP contribution in [0.2, 0.25) is 18.1 Å². The molecule has 6 nitrogen and oxygen atoms in total. The van der Waals surface area contributed by atoms with E-state index < -0.39 is 20.5 Å². The van der Waals surface area contributed by atoms with Gasteiger partial charge in [-0.2, -0.15) is 0 Å². The Morgan fingerprint density at radius 1 is 1.32 bits per heavy atom. The largest absolute Gasteiger partial charge is 0.463 e. The molecule has 31 heavy (non-hydrogen) atoms. The maximum absolute atomic E-state index is 13.1. The molecule has 0 bridgehead atoms. The maximum atomic E-state index is 13.1. The first-order valence-corrected chi connectivity index (χ1v) is 15.2. The van der Waals surface area contributed by atoms with Crippen molar-refractivity contribution >= 4 is 48.5 Å². The Morgan fingerprint density at radius 3 is 2.52 bits per heavy atom. The number of carbonyl (C=O) groups is 2. The Hall–Kier alpha value is -0.743. The van der Waals surface area contributed by atoms with Gasteiger partial charge in [0, 0.05) is 18.7 Å². The number of nitrogens with zero attached hydrogens (tertiary/aromatic N) is 1. The van der Waals surface area contributed by atoms with Gasteiger partial charge in [0.15, 0.2) is 8.32 Å². The number of thiocarbonyl (C=S) groups is 1. The molecule has 0 N–H and O–H groups in total. The molecule has 2 rings (SSSR count). The molecule has 0 saturated carbocycles. The van der Waals surface area contributed by atoms with E-state index in [2.05, 4.69) is 47.7 Å². The van der Waals surface area contributed by atoms with Crippen molar-refractivity contribution in [3.63, 3.8) is 0 Å². The van der Waals surface area contributed by atoms with E-state index >= 15 is 0 Å². The van der Waals surface area contributed by atoms with E-state index in [0.29, 0.717) is 10.2 Å². The van der Waals surface area contributed by atoms with Gasteiger partial charge in [0.1, 0.15) is 17.0 Å². The summed E-state index contributed by atoms with van der Waals surface area (Å²) in [6, 6.07) is 0.115. The van der Waals surface area contributed by atoms with Crippen molar-refractivity contribution in [2.45, 2.75) is 90.4 Å². The lowest BCUT2D eigenvalue weighted by molar-refractivity contribution is -0.152. The highest BCUT2D eigenvalue weighted by Gasteiger charge is 2.42. The van der Waals surface area contributed by atoms with Crippen molar-refractivity contribution in [2.24, 2.45) is 5.92 Å². The van der Waals surface area contributed by atoms with Crippen LogP contribution in [0.1, 0.15) is 48.0 Å². The lowest BCUT2D eigenvalue weighted by Crippen LogP contribution is -2.50. The van der Waals surface area contributed by atoms with Crippen LogP contribution >= 0.6 is 24.0 Å². The van der Waals surface area contributed by atoms with Crippen LogP contribution in [-0.2, 0) is 23.5 Å². The number of esters is 1. The molecule has 1 fully saturated rings. The Balaban J connectivity index is 2.13. The molecule has 176 valence electrons. The Bertz CT molecular complexity index is 719. The molecule has 2 heterocycles. The van der Waals surface area contributed by atoms with Gasteiger partial charge in [0.2, 0.25) is 5.91 Å². The number of thioether (sulfide) groups is 1. The van der Waals surface area contributed by atoms with E-state index in [9.17, 15) is 9.59 Å². The number of amides is 1. The third-order valence-corrected chi connectivity index (χ3v) is 12.2. The van der Waals surface area contributed by atoms with Gasteiger partial charge in [-0.1, -0.05) is 70.8 Å². The number of hydrogen-bond acceptors (Lipinski definition) is 7. The first-order chi connectivity index (χ1) is 14.2. The minimum Gasteiger partial charge on any atom is -0.463 e. The van der Waals surface area contributed by atoms with Gasteiger partial charge >= 0.3 is 5.97 Å². The smallest absolute Gasteiger partial charge is 0.302 e. The summed E-state index contributed by atoms with van der Waals surface area (Å²) in [5.41, 5.74) is 0. The van der Waals surface area contributed by atoms with Gasteiger partial charge in [0.25, 0.3) is 0 Å². The van der Waals surface area contributed by atoms with E-state index in [0.717, 1.165) is 5.75 Å². The average Bonchev–Trinajstić information content (AvgIpc) is 3.02. The third kappa shape index (κ3) is 6.87. The lowest BCUT2D eigenvalue weighted by Gasteiger charge is -2.42. The Kier molecular flexibility index (Phi) is 8.94. The van der Waals surface area contributed by atoms with Crippen molar-refractivity contribution in [3.8, 4) is 0 Å². The average molecular weight is 488 g/mol. The van der Waals surface area contributed by atoms with Crippen LogP contribution in [0.3, 0.4) is 0 Å². The highest BCUT2D eigenvalue weighted by molar-refractivity contribution is 8.23. The van der Waals surface area contributed by atoms with Gasteiger partial charge in [-0.05, 0) is 24.1 Å². The van der Waals surface area contributed by atoms with Gasteiger partial charge in [-0.25, -0.2) is 0 Å². The van der Waals surface area contributed by atoms with E-state index in [1.54, 1.807) is 16.7 Å². The van der Waals surface area contributed by atoms with Crippen LogP contribution in [0.15, 0.2) is 12.2 Å². The van der Waals surface area contributed by atoms with Crippen LogP contribution in [0.5, 0.6) is 0 Å². The number of ether oxygens (including phenoxy) is 2. The predicted octanol–water partition coefficient (Wildman–Crippen LogP) is 4.54. The minimum atomic E-state index is -2.06. The fraction of sp³-hybridized carbons (Fsp3) is 0.773. The second-order valence-corrected chi connectivity index (χ2v) is 16.5. The fourth-order valence-electron chi connectivity index (χ4n) is 3.27. The molecule has 0 unspecified atom stereocenters. The normalized spacial score (nSPS) is 27.1. The molecule has 2 aliphatic heterocycles. The minimum absolute atomic E-state index is 0.0293. The SMILES string of the molecule is CC(=O)OC[C@H]1O[C@H](CC(=O)N2C(=S)SC[C@@H]2C(C)C)C=C[C@@H]1O[Si](C)(C)C(C)(C)C. The Morgan fingerprint density at radius 2 is 1.97 bits per heavy atom. The van der Waals surface area contributed by atoms with Gasteiger partial charge in [0.05, 0.1) is 18.6 Å². The molecule has 4 atom stereocenters. The fourth-order valence-corrected chi connectivity index (χ4v) is 6.20. The van der Waals surface area contributed by atoms with Crippen LogP contribution < -0.4 is 0 Å². The molecule has 1 saturated heterocycles. The van der Waals surface area contributed by atoms with E-state index in [-0.39, 0.29) is 42.1 Å². The summed E-state index contributed by atoms with van der Waals surface area (Å²) in [6.07, 6.45) is 2.88. The van der Waals surface area contributed by atoms with Crippen molar-refractivity contribution in [1.29, 1.82) is 0 Å². The summed E-state index contributed by atoms with van der Waals surface area (Å²) in [5.74, 6) is 0.773. The quantitative estimate of drug-likeness (QED) is 0.226. The maximum Gasteiger partial charge on any atom is 0.302 e. The topological polar surface area (TPSA) is 65.1 Å². The molecule has 2 aliphatic rings. The van der Waals surface area contributed by atoms with Crippen molar-refractivity contribution < 1.29 is 23.5 Å². The van der Waals surface area contributed by atoms with Gasteiger partial charge in [-0.15, -0.1) is 0 Å². The molecular weight excluding hydrogens is 450 g/mol. The summed E-state index contributed by atoms with van der Waals surface area (Å²) in [5, 5.41) is 0.0363. The molecule has 9 heteroatoms. The summed E-state index contributed by atoms with van der Waals surface area (Å²) in [6.45, 7) is 16.6. The zero-order valence-electron chi connectivity index (χ0n) is 20.0. The molecule has 0 spiro atoms. The van der Waals surface area contributed by atoms with Gasteiger partial charge < -0.3 is 13.9 Å². The van der Waals surface area contributed by atoms with Crippen molar-refractivity contribution in [1.82, 2.24) is 4.90 Å². The van der Waals surface area contributed by atoms with E-state index in [1.165, 1.54) is 6.92 Å². The standard InChI is InChI=1S/C22H37NO5S2Si/c1-14(2)17-13-30-21(29)23(17)20(25)11-16-9-10-18(19(27-16)12-26-15(3)24)28-31(7,8)22(4,5)6/h9-10,14,16-19H,11-13H2,1-8H3/t16-,17+,18-,19+/m0/s1. The Labute approximate surface area is 197 Å². The van der Waals surface area contributed by atoms with Crippen molar-refractivity contribution in [2.75, 3.05) is 12.4 Å². The lowest BCUT2D eigenvalue weighted by atomic mass is 10.0. The van der Waals surface area contributed by atoms with Crippen LogP contribution in [0, 0.1) is 5.92 Å². The zero-order valence-corrected chi connectivity index (χ0v) is 22.6. The van der Waals surface area contributed by atoms with Crippen LogP contribution in [0.25, 0.3) is 0 Å². The highest BCUT2D eigenvalue weighted by atomic mass is 32.2. The second kappa shape index (κ2) is 10.5. The zero-order chi connectivity index (χ0) is 23.6. The van der Waals surface area contributed by atoms with E-state index in [1.807, 2.05) is 12.2 Å². The molecule has 0 radical (unpaired) electrons. The molecule has 1 amide bonds. The third-order valence-electron chi connectivity index (χ3n) is 6.24. The number of hydrogen-bond donors (Lipinski definition) is 0. The second-order valence-electron chi connectivity index (χ2n) is 10.1. The first-order valence-electron chi connectivity index (χ1n) is 10.9. The first kappa shape index (κ1) is 26.5. The number of carbonyl (C=O) groups excluding carboxylic acids is 2. The predicted molar refractivity (Wildman–Crippen MR) is 132 cm³/mol. The van der Waals surface area contributed by atoms with Crippen LogP contribution in [-0.4, -0.2) is 66.1 Å². The molecule has 0 aromatic heterocycles. The molecule has 0 aliphatic carbocycles. The number of rotatable bonds is 7. The van der Waals surface area contributed by atoms with E-state index in [4.69, 9.17) is 26.1 Å². The summed E-state index contributed by atoms with van der Waals surface area (Å²) < 4.78 is 18.6. The van der Waals surface area contributed by atoms with Crippen molar-refractivity contribution in [3.05, 3.63) is 12.2 Å². The van der Waals surface area contributed by atoms with Crippen LogP contribution in [0.4, 0.5) is 0 Å². The summed E-state index contributed by atoms with van der Waals surface area (Å²) in [7, 11) is -2.06. The molecule has 0 aromatic carbocycles. The summed E-state index contributed by atoms with van der Waals surface area (Å²) in [4.78, 5) is 26.2. The summed E-state index contributed by atoms with van der Waals surface area (Å²) >= 11 is 6.98. The monoisotopic (exact) mass is 487 g/mol. The molecular formula is C22H37NO5S2Si.